The maximum Gasteiger partial charge on any atom is 0.274 e. The van der Waals surface area contributed by atoms with Gasteiger partial charge in [0.2, 0.25) is 0 Å². The predicted octanol–water partition coefficient (Wildman–Crippen LogP) is 2.88. The average molecular weight is 300 g/mol. The maximum absolute atomic E-state index is 12.3. The number of amides is 1. The van der Waals surface area contributed by atoms with Crippen LogP contribution in [0, 0.1) is 10.1 Å². The summed E-state index contributed by atoms with van der Waals surface area (Å²) in [7, 11) is 3.17. The third-order valence-electron chi connectivity index (χ3n) is 3.28. The highest BCUT2D eigenvalue weighted by molar-refractivity contribution is 5.94. The summed E-state index contributed by atoms with van der Waals surface area (Å²) in [6.45, 7) is 0.169. The van der Waals surface area contributed by atoms with Gasteiger partial charge < -0.3 is 9.64 Å². The molecule has 0 aliphatic heterocycles. The van der Waals surface area contributed by atoms with E-state index in [4.69, 9.17) is 4.74 Å². The smallest absolute Gasteiger partial charge is 0.274 e. The van der Waals surface area contributed by atoms with Gasteiger partial charge in [0.1, 0.15) is 5.75 Å². The molecule has 0 radical (unpaired) electrons. The zero-order valence-corrected chi connectivity index (χ0v) is 12.4. The van der Waals surface area contributed by atoms with Crippen molar-refractivity contribution in [1.29, 1.82) is 0 Å². The molecule has 0 fully saturated rings. The van der Waals surface area contributed by atoms with E-state index in [1.54, 1.807) is 56.6 Å². The van der Waals surface area contributed by atoms with Gasteiger partial charge in [0.05, 0.1) is 18.6 Å². The minimum atomic E-state index is -0.443. The van der Waals surface area contributed by atoms with E-state index in [-0.39, 0.29) is 18.1 Å². The molecule has 0 saturated heterocycles. The third-order valence-corrected chi connectivity index (χ3v) is 3.28. The summed E-state index contributed by atoms with van der Waals surface area (Å²) in [5.41, 5.74) is 1.01. The van der Waals surface area contributed by atoms with Crippen LogP contribution in [-0.4, -0.2) is 29.9 Å². The Hall–Kier alpha value is -2.89. The van der Waals surface area contributed by atoms with E-state index in [0.29, 0.717) is 16.9 Å². The van der Waals surface area contributed by atoms with E-state index in [9.17, 15) is 14.9 Å². The first-order valence-corrected chi connectivity index (χ1v) is 6.64. The molecule has 2 aromatic carbocycles. The van der Waals surface area contributed by atoms with Crippen molar-refractivity contribution in [1.82, 2.24) is 4.90 Å². The summed E-state index contributed by atoms with van der Waals surface area (Å²) in [5.74, 6) is 0.457. The number of hydrogen-bond acceptors (Lipinski definition) is 4. The Kier molecular flexibility index (Phi) is 4.73. The molecule has 0 atom stereocenters. The fraction of sp³-hybridized carbons (Fsp3) is 0.188. The van der Waals surface area contributed by atoms with Gasteiger partial charge in [-0.2, -0.15) is 0 Å². The highest BCUT2D eigenvalue weighted by Gasteiger charge is 2.17. The lowest BCUT2D eigenvalue weighted by Gasteiger charge is -2.17. The van der Waals surface area contributed by atoms with Gasteiger partial charge in [-0.1, -0.05) is 18.2 Å². The summed E-state index contributed by atoms with van der Waals surface area (Å²) in [6, 6.07) is 13.1. The van der Waals surface area contributed by atoms with E-state index in [0.717, 1.165) is 0 Å². The molecule has 2 rings (SSSR count). The van der Waals surface area contributed by atoms with Crippen molar-refractivity contribution < 1.29 is 14.5 Å². The van der Waals surface area contributed by atoms with Crippen LogP contribution in [0.3, 0.4) is 0 Å². The average Bonchev–Trinajstić information content (AvgIpc) is 2.54. The van der Waals surface area contributed by atoms with Crippen LogP contribution < -0.4 is 4.74 Å². The number of rotatable bonds is 5. The lowest BCUT2D eigenvalue weighted by atomic mass is 10.1. The SMILES string of the molecule is COc1ccc(C(=O)N(C)Cc2ccccc2[N+](=O)[O-])cc1. The molecule has 0 saturated carbocycles. The topological polar surface area (TPSA) is 72.7 Å². The third kappa shape index (κ3) is 3.41. The van der Waals surface area contributed by atoms with E-state index in [1.807, 2.05) is 0 Å². The van der Waals surface area contributed by atoms with Crippen LogP contribution in [0.1, 0.15) is 15.9 Å². The molecule has 1 amide bonds. The Morgan fingerprint density at radius 1 is 1.18 bits per heavy atom. The van der Waals surface area contributed by atoms with E-state index in [2.05, 4.69) is 0 Å². The van der Waals surface area contributed by atoms with Crippen LogP contribution in [0.2, 0.25) is 0 Å². The molecule has 6 nitrogen and oxygen atoms in total. The first-order chi connectivity index (χ1) is 10.5. The van der Waals surface area contributed by atoms with Gasteiger partial charge >= 0.3 is 0 Å². The van der Waals surface area contributed by atoms with Crippen molar-refractivity contribution in [2.75, 3.05) is 14.2 Å². The monoisotopic (exact) mass is 300 g/mol. The Morgan fingerprint density at radius 2 is 1.82 bits per heavy atom. The van der Waals surface area contributed by atoms with Gasteiger partial charge in [-0.15, -0.1) is 0 Å². The van der Waals surface area contributed by atoms with E-state index < -0.39 is 4.92 Å². The Balaban J connectivity index is 2.16. The highest BCUT2D eigenvalue weighted by Crippen LogP contribution is 2.20. The summed E-state index contributed by atoms with van der Waals surface area (Å²) < 4.78 is 5.05. The van der Waals surface area contributed by atoms with Crippen molar-refractivity contribution >= 4 is 11.6 Å². The standard InChI is InChI=1S/C16H16N2O4/c1-17(11-13-5-3-4-6-15(13)18(20)21)16(19)12-7-9-14(22-2)10-8-12/h3-10H,11H2,1-2H3. The molecule has 0 heterocycles. The first-order valence-electron chi connectivity index (χ1n) is 6.64. The molecule has 0 aliphatic rings. The lowest BCUT2D eigenvalue weighted by molar-refractivity contribution is -0.385. The molecule has 0 unspecified atom stereocenters. The fourth-order valence-electron chi connectivity index (χ4n) is 2.10. The number of nitrogens with zero attached hydrogens (tertiary/aromatic N) is 2. The lowest BCUT2D eigenvalue weighted by Crippen LogP contribution is -2.26. The van der Waals surface area contributed by atoms with Crippen LogP contribution in [0.4, 0.5) is 5.69 Å². The number of carbonyl (C=O) groups excluding carboxylic acids is 1. The van der Waals surface area contributed by atoms with Crippen molar-refractivity contribution in [3.8, 4) is 5.75 Å². The Morgan fingerprint density at radius 3 is 2.41 bits per heavy atom. The molecule has 0 aromatic heterocycles. The normalized spacial score (nSPS) is 10.1. The van der Waals surface area contributed by atoms with Gasteiger partial charge in [0.25, 0.3) is 11.6 Å². The van der Waals surface area contributed by atoms with E-state index in [1.165, 1.54) is 11.0 Å². The number of ether oxygens (including phenoxy) is 1. The number of para-hydroxylation sites is 1. The number of hydrogen-bond donors (Lipinski definition) is 0. The van der Waals surface area contributed by atoms with Crippen LogP contribution in [0.5, 0.6) is 5.75 Å². The summed E-state index contributed by atoms with van der Waals surface area (Å²) in [5, 5.41) is 11.0. The maximum atomic E-state index is 12.3. The molecule has 0 spiro atoms. The number of carbonyl (C=O) groups is 1. The van der Waals surface area contributed by atoms with Gasteiger partial charge in [0, 0.05) is 24.2 Å². The fourth-order valence-corrected chi connectivity index (χ4v) is 2.10. The Labute approximate surface area is 128 Å². The molecule has 2 aromatic rings. The second-order valence-electron chi connectivity index (χ2n) is 4.78. The number of benzene rings is 2. The van der Waals surface area contributed by atoms with Crippen molar-refractivity contribution in [3.05, 3.63) is 69.8 Å². The van der Waals surface area contributed by atoms with Crippen molar-refractivity contribution in [2.24, 2.45) is 0 Å². The van der Waals surface area contributed by atoms with Crippen LogP contribution >= 0.6 is 0 Å². The van der Waals surface area contributed by atoms with Crippen LogP contribution in [0.25, 0.3) is 0 Å². The van der Waals surface area contributed by atoms with Crippen molar-refractivity contribution in [2.45, 2.75) is 6.54 Å². The van der Waals surface area contributed by atoms with Gasteiger partial charge in [-0.05, 0) is 24.3 Å². The summed E-state index contributed by atoms with van der Waals surface area (Å²) >= 11 is 0. The predicted molar refractivity (Wildman–Crippen MR) is 81.9 cm³/mol. The first kappa shape index (κ1) is 15.5. The Bertz CT molecular complexity index is 683. The quantitative estimate of drug-likeness (QED) is 0.628. The number of nitro benzene ring substituents is 1. The largest absolute Gasteiger partial charge is 0.497 e. The molecule has 22 heavy (non-hydrogen) atoms. The molecule has 0 bridgehead atoms. The zero-order chi connectivity index (χ0) is 16.1. The molecule has 0 aliphatic carbocycles. The summed E-state index contributed by atoms with van der Waals surface area (Å²) in [4.78, 5) is 24.4. The van der Waals surface area contributed by atoms with Gasteiger partial charge in [0.15, 0.2) is 0 Å². The van der Waals surface area contributed by atoms with Gasteiger partial charge in [-0.3, -0.25) is 14.9 Å². The summed E-state index contributed by atoms with van der Waals surface area (Å²) in [6.07, 6.45) is 0. The minimum absolute atomic E-state index is 0.0110. The number of nitro groups is 1. The van der Waals surface area contributed by atoms with E-state index >= 15 is 0 Å². The zero-order valence-electron chi connectivity index (χ0n) is 12.4. The van der Waals surface area contributed by atoms with Gasteiger partial charge in [-0.25, -0.2) is 0 Å². The van der Waals surface area contributed by atoms with Crippen LogP contribution in [-0.2, 0) is 6.54 Å². The minimum Gasteiger partial charge on any atom is -0.497 e. The second kappa shape index (κ2) is 6.71. The molecular weight excluding hydrogens is 284 g/mol. The highest BCUT2D eigenvalue weighted by atomic mass is 16.6. The number of methoxy groups -OCH3 is 1. The molecule has 114 valence electrons. The second-order valence-corrected chi connectivity index (χ2v) is 4.78. The van der Waals surface area contributed by atoms with Crippen molar-refractivity contribution in [3.63, 3.8) is 0 Å². The molecule has 0 N–H and O–H groups in total. The molecule has 6 heteroatoms. The van der Waals surface area contributed by atoms with Crippen LogP contribution in [0.15, 0.2) is 48.5 Å². The molecular formula is C16H16N2O4.